The number of carbonyl (C=O) groups is 2. The van der Waals surface area contributed by atoms with E-state index in [0.717, 1.165) is 42.7 Å². The molecule has 150 valence electrons. The molecule has 0 unspecified atom stereocenters. The number of hydrogen-bond acceptors (Lipinski definition) is 3. The molecule has 0 saturated carbocycles. The largest absolute Gasteiger partial charge is 0.351 e. The van der Waals surface area contributed by atoms with Gasteiger partial charge in [0.15, 0.2) is 0 Å². The van der Waals surface area contributed by atoms with Crippen molar-refractivity contribution in [3.05, 3.63) is 59.7 Å². The molecule has 2 aromatic rings. The Labute approximate surface area is 166 Å². The van der Waals surface area contributed by atoms with Gasteiger partial charge in [-0.15, -0.1) is 0 Å². The van der Waals surface area contributed by atoms with Crippen LogP contribution in [0.15, 0.2) is 48.5 Å². The summed E-state index contributed by atoms with van der Waals surface area (Å²) in [7, 11) is 0. The fourth-order valence-electron chi connectivity index (χ4n) is 2.97. The third kappa shape index (κ3) is 7.28. The number of primary amides is 1. The lowest BCUT2D eigenvalue weighted by Crippen LogP contribution is -2.35. The minimum atomic E-state index is -0.549. The summed E-state index contributed by atoms with van der Waals surface area (Å²) in [6.07, 6.45) is 2.70. The van der Waals surface area contributed by atoms with E-state index in [4.69, 9.17) is 5.73 Å². The van der Waals surface area contributed by atoms with E-state index in [9.17, 15) is 9.59 Å². The van der Waals surface area contributed by atoms with Crippen LogP contribution in [0.3, 0.4) is 0 Å². The van der Waals surface area contributed by atoms with Crippen LogP contribution >= 0.6 is 0 Å². The molecule has 0 aromatic heterocycles. The Balaban J connectivity index is 1.73. The number of nitrogens with one attached hydrogen (secondary N) is 4. The van der Waals surface area contributed by atoms with Crippen molar-refractivity contribution in [3.8, 4) is 0 Å². The first-order valence-corrected chi connectivity index (χ1v) is 9.58. The molecule has 0 spiro atoms. The van der Waals surface area contributed by atoms with Gasteiger partial charge in [0.25, 0.3) is 0 Å². The monoisotopic (exact) mass is 383 g/mol. The minimum Gasteiger partial charge on any atom is -0.351 e. The van der Waals surface area contributed by atoms with E-state index in [0.29, 0.717) is 13.1 Å². The zero-order valence-corrected chi connectivity index (χ0v) is 16.3. The maximum Gasteiger partial charge on any atom is 0.319 e. The molecule has 0 heterocycles. The first-order valence-electron chi connectivity index (χ1n) is 9.58. The van der Waals surface area contributed by atoms with Gasteiger partial charge in [-0.1, -0.05) is 43.7 Å². The Kier molecular flexibility index (Phi) is 8.81. The van der Waals surface area contributed by atoms with Gasteiger partial charge < -0.3 is 27.0 Å². The van der Waals surface area contributed by atoms with E-state index < -0.39 is 6.03 Å². The van der Waals surface area contributed by atoms with Gasteiger partial charge in [-0.05, 0) is 48.7 Å². The van der Waals surface area contributed by atoms with Crippen LogP contribution in [0.25, 0.3) is 0 Å². The van der Waals surface area contributed by atoms with Crippen molar-refractivity contribution < 1.29 is 9.59 Å². The third-order valence-electron chi connectivity index (χ3n) is 4.22. The number of amides is 4. The highest BCUT2D eigenvalue weighted by Crippen LogP contribution is 2.22. The maximum absolute atomic E-state index is 11.8. The molecule has 6 N–H and O–H groups in total. The Morgan fingerprint density at radius 1 is 0.893 bits per heavy atom. The second-order valence-electron chi connectivity index (χ2n) is 6.43. The van der Waals surface area contributed by atoms with Gasteiger partial charge in [0, 0.05) is 24.5 Å². The number of para-hydroxylation sites is 1. The van der Waals surface area contributed by atoms with Crippen molar-refractivity contribution in [2.45, 2.75) is 26.2 Å². The van der Waals surface area contributed by atoms with Gasteiger partial charge >= 0.3 is 12.1 Å². The number of nitrogens with two attached hydrogens (primary N) is 1. The summed E-state index contributed by atoms with van der Waals surface area (Å²) in [5, 5.41) is 11.6. The van der Waals surface area contributed by atoms with E-state index in [1.807, 2.05) is 42.5 Å². The summed E-state index contributed by atoms with van der Waals surface area (Å²) in [6.45, 7) is 4.09. The lowest BCUT2D eigenvalue weighted by atomic mass is 9.98. The molecule has 0 bridgehead atoms. The van der Waals surface area contributed by atoms with Gasteiger partial charge in [0.1, 0.15) is 0 Å². The van der Waals surface area contributed by atoms with Crippen LogP contribution in [0.4, 0.5) is 21.0 Å². The normalized spacial score (nSPS) is 10.3. The van der Waals surface area contributed by atoms with Gasteiger partial charge in [0.2, 0.25) is 0 Å². The highest BCUT2D eigenvalue weighted by Gasteiger charge is 2.09. The van der Waals surface area contributed by atoms with Crippen molar-refractivity contribution in [1.29, 1.82) is 0 Å². The number of carbonyl (C=O) groups excluding carboxylic acids is 2. The number of hydrogen-bond donors (Lipinski definition) is 5. The highest BCUT2D eigenvalue weighted by molar-refractivity contribution is 5.89. The molecular formula is C21H29N5O2. The van der Waals surface area contributed by atoms with Crippen molar-refractivity contribution in [1.82, 2.24) is 10.6 Å². The molecule has 0 fully saturated rings. The zero-order valence-electron chi connectivity index (χ0n) is 16.3. The van der Waals surface area contributed by atoms with Crippen molar-refractivity contribution >= 4 is 23.4 Å². The summed E-state index contributed by atoms with van der Waals surface area (Å²) in [6, 6.07) is 14.4. The lowest BCUT2D eigenvalue weighted by Gasteiger charge is -2.15. The third-order valence-corrected chi connectivity index (χ3v) is 4.22. The van der Waals surface area contributed by atoms with Crippen LogP contribution < -0.4 is 27.0 Å². The lowest BCUT2D eigenvalue weighted by molar-refractivity contribution is 0.252. The van der Waals surface area contributed by atoms with Crippen LogP contribution in [0.5, 0.6) is 0 Å². The Morgan fingerprint density at radius 2 is 1.68 bits per heavy atom. The van der Waals surface area contributed by atoms with Gasteiger partial charge in [-0.2, -0.15) is 0 Å². The van der Waals surface area contributed by atoms with E-state index in [-0.39, 0.29) is 6.03 Å². The number of benzene rings is 2. The van der Waals surface area contributed by atoms with Crippen LogP contribution in [0.2, 0.25) is 0 Å². The van der Waals surface area contributed by atoms with E-state index >= 15 is 0 Å². The Morgan fingerprint density at radius 3 is 2.39 bits per heavy atom. The summed E-state index contributed by atoms with van der Waals surface area (Å²) in [5.41, 5.74) is 9.13. The van der Waals surface area contributed by atoms with Crippen molar-refractivity contribution in [3.63, 3.8) is 0 Å². The molecule has 0 aliphatic rings. The predicted octanol–water partition coefficient (Wildman–Crippen LogP) is 3.08. The van der Waals surface area contributed by atoms with E-state index in [1.54, 1.807) is 0 Å². The molecule has 2 aromatic carbocycles. The standard InChI is InChI=1S/C21H29N5O2/c1-2-7-18-16(8-6-11-19(18)26-20(22)27)12-13-23-14-15-24-21(28)25-17-9-4-3-5-10-17/h3-6,8-11,23H,2,7,12-15H2,1H3,(H3,22,26,27)(H2,24,25,28). The molecule has 0 atom stereocenters. The number of rotatable bonds is 10. The number of anilines is 2. The van der Waals surface area contributed by atoms with Gasteiger partial charge in [0.05, 0.1) is 0 Å². The summed E-state index contributed by atoms with van der Waals surface area (Å²) < 4.78 is 0. The minimum absolute atomic E-state index is 0.219. The average Bonchev–Trinajstić information content (AvgIpc) is 2.67. The van der Waals surface area contributed by atoms with Crippen LogP contribution in [-0.4, -0.2) is 31.7 Å². The van der Waals surface area contributed by atoms with E-state index in [1.165, 1.54) is 5.56 Å². The summed E-state index contributed by atoms with van der Waals surface area (Å²) in [4.78, 5) is 23.0. The molecular weight excluding hydrogens is 354 g/mol. The summed E-state index contributed by atoms with van der Waals surface area (Å²) >= 11 is 0. The van der Waals surface area contributed by atoms with Crippen molar-refractivity contribution in [2.75, 3.05) is 30.3 Å². The molecule has 0 radical (unpaired) electrons. The van der Waals surface area contributed by atoms with Crippen LogP contribution in [0.1, 0.15) is 24.5 Å². The zero-order chi connectivity index (χ0) is 20.2. The highest BCUT2D eigenvalue weighted by atomic mass is 16.2. The van der Waals surface area contributed by atoms with Crippen molar-refractivity contribution in [2.24, 2.45) is 5.73 Å². The molecule has 7 nitrogen and oxygen atoms in total. The molecule has 0 saturated heterocycles. The van der Waals surface area contributed by atoms with Crippen LogP contribution in [0, 0.1) is 0 Å². The average molecular weight is 383 g/mol. The quantitative estimate of drug-likeness (QED) is 0.407. The maximum atomic E-state index is 11.8. The molecule has 7 heteroatoms. The first kappa shape index (κ1) is 21.2. The fourth-order valence-corrected chi connectivity index (χ4v) is 2.97. The molecule has 0 aliphatic carbocycles. The molecule has 28 heavy (non-hydrogen) atoms. The topological polar surface area (TPSA) is 108 Å². The van der Waals surface area contributed by atoms with Crippen LogP contribution in [-0.2, 0) is 12.8 Å². The van der Waals surface area contributed by atoms with E-state index in [2.05, 4.69) is 34.3 Å². The molecule has 4 amide bonds. The second kappa shape index (κ2) is 11.6. The Hall–Kier alpha value is -3.06. The predicted molar refractivity (Wildman–Crippen MR) is 114 cm³/mol. The smallest absolute Gasteiger partial charge is 0.319 e. The van der Waals surface area contributed by atoms with Gasteiger partial charge in [-0.25, -0.2) is 9.59 Å². The first-order chi connectivity index (χ1) is 13.6. The second-order valence-corrected chi connectivity index (χ2v) is 6.43. The number of urea groups is 2. The Bertz CT molecular complexity index is 765. The summed E-state index contributed by atoms with van der Waals surface area (Å²) in [5.74, 6) is 0. The SMILES string of the molecule is CCCc1c(CCNCCNC(=O)Nc2ccccc2)cccc1NC(N)=O. The van der Waals surface area contributed by atoms with Gasteiger partial charge in [-0.3, -0.25) is 0 Å². The molecule has 0 aliphatic heterocycles. The molecule has 2 rings (SSSR count). The fraction of sp³-hybridized carbons (Fsp3) is 0.333.